The molecule has 20 heavy (non-hydrogen) atoms. The molecule has 1 aliphatic rings. The predicted molar refractivity (Wildman–Crippen MR) is 79.6 cm³/mol. The lowest BCUT2D eigenvalue weighted by Gasteiger charge is -2.14. The van der Waals surface area contributed by atoms with Crippen molar-refractivity contribution in [3.63, 3.8) is 0 Å². The second-order valence-electron chi connectivity index (χ2n) is 4.64. The van der Waals surface area contributed by atoms with E-state index in [2.05, 4.69) is 10.6 Å². The van der Waals surface area contributed by atoms with Gasteiger partial charge in [-0.15, -0.1) is 12.4 Å². The van der Waals surface area contributed by atoms with Gasteiger partial charge in [0.15, 0.2) is 0 Å². The summed E-state index contributed by atoms with van der Waals surface area (Å²) in [6, 6.07) is 7.11. The molecular formula is C13H19ClF2N2OS. The molecule has 0 amide bonds. The van der Waals surface area contributed by atoms with Crippen LogP contribution in [0.3, 0.4) is 0 Å². The van der Waals surface area contributed by atoms with Crippen molar-refractivity contribution in [3.05, 3.63) is 29.8 Å². The summed E-state index contributed by atoms with van der Waals surface area (Å²) in [4.78, 5) is 0.578. The third kappa shape index (κ3) is 5.54. The molecule has 1 aromatic rings. The molecule has 3 nitrogen and oxygen atoms in total. The average molecular weight is 325 g/mol. The molecule has 0 saturated carbocycles. The summed E-state index contributed by atoms with van der Waals surface area (Å²) in [5.74, 6) is -2.13. The van der Waals surface area contributed by atoms with Gasteiger partial charge in [-0.25, -0.2) is 0 Å². The number of benzene rings is 1. The lowest BCUT2D eigenvalue weighted by Crippen LogP contribution is -2.30. The Morgan fingerprint density at radius 2 is 2.00 bits per heavy atom. The van der Waals surface area contributed by atoms with Gasteiger partial charge in [-0.05, 0) is 17.7 Å². The molecule has 2 rings (SSSR count). The van der Waals surface area contributed by atoms with Crippen LogP contribution in [-0.4, -0.2) is 36.6 Å². The molecule has 1 aromatic carbocycles. The van der Waals surface area contributed by atoms with Gasteiger partial charge in [0.25, 0.3) is 5.76 Å². The van der Waals surface area contributed by atoms with Crippen molar-refractivity contribution in [1.29, 1.82) is 0 Å². The smallest absolute Gasteiger partial charge is 0.288 e. The van der Waals surface area contributed by atoms with Gasteiger partial charge in [-0.3, -0.25) is 0 Å². The molecule has 0 aliphatic carbocycles. The minimum Gasteiger partial charge on any atom is -0.391 e. The van der Waals surface area contributed by atoms with Crippen LogP contribution in [0.15, 0.2) is 29.2 Å². The van der Waals surface area contributed by atoms with Gasteiger partial charge in [0.1, 0.15) is 0 Å². The second kappa shape index (κ2) is 8.79. The van der Waals surface area contributed by atoms with E-state index in [0.717, 1.165) is 18.7 Å². The highest BCUT2D eigenvalue weighted by Gasteiger charge is 2.23. The van der Waals surface area contributed by atoms with E-state index < -0.39 is 5.76 Å². The van der Waals surface area contributed by atoms with Crippen LogP contribution in [0.4, 0.5) is 8.78 Å². The van der Waals surface area contributed by atoms with Crippen LogP contribution < -0.4 is 10.6 Å². The number of alkyl halides is 2. The molecule has 0 spiro atoms. The van der Waals surface area contributed by atoms with Crippen LogP contribution in [0, 0.1) is 5.92 Å². The highest BCUT2D eigenvalue weighted by molar-refractivity contribution is 7.99. The Labute approximate surface area is 127 Å². The molecule has 0 bridgehead atoms. The van der Waals surface area contributed by atoms with E-state index >= 15 is 0 Å². The first-order valence-corrected chi connectivity index (χ1v) is 7.16. The SMILES string of the molecule is Cl.OC1CNCC1CNCc1ccc(SC(F)F)cc1. The molecule has 114 valence electrons. The van der Waals surface area contributed by atoms with Crippen molar-refractivity contribution in [2.45, 2.75) is 23.3 Å². The molecule has 1 fully saturated rings. The highest BCUT2D eigenvalue weighted by atomic mass is 35.5. The Hall–Kier alpha value is -0.400. The van der Waals surface area contributed by atoms with Crippen molar-refractivity contribution in [3.8, 4) is 0 Å². The van der Waals surface area contributed by atoms with Gasteiger partial charge >= 0.3 is 0 Å². The van der Waals surface area contributed by atoms with Crippen molar-refractivity contribution in [2.24, 2.45) is 5.92 Å². The Kier molecular flexibility index (Phi) is 7.76. The van der Waals surface area contributed by atoms with E-state index in [0.29, 0.717) is 29.7 Å². The number of hydrogen-bond donors (Lipinski definition) is 3. The quantitative estimate of drug-likeness (QED) is 0.701. The number of hydrogen-bond acceptors (Lipinski definition) is 4. The Bertz CT molecular complexity index is 394. The number of thioether (sulfide) groups is 1. The largest absolute Gasteiger partial charge is 0.391 e. The zero-order valence-electron chi connectivity index (χ0n) is 10.9. The minimum atomic E-state index is -2.37. The summed E-state index contributed by atoms with van der Waals surface area (Å²) in [5, 5.41) is 16.0. The van der Waals surface area contributed by atoms with E-state index in [9.17, 15) is 13.9 Å². The van der Waals surface area contributed by atoms with Gasteiger partial charge in [-0.2, -0.15) is 8.78 Å². The molecular weight excluding hydrogens is 306 g/mol. The summed E-state index contributed by atoms with van der Waals surface area (Å²) in [6.45, 7) is 2.93. The number of aliphatic hydroxyl groups is 1. The lowest BCUT2D eigenvalue weighted by atomic mass is 10.1. The zero-order valence-corrected chi connectivity index (χ0v) is 12.5. The zero-order chi connectivity index (χ0) is 13.7. The van der Waals surface area contributed by atoms with Crippen LogP contribution in [0.2, 0.25) is 0 Å². The summed E-state index contributed by atoms with van der Waals surface area (Å²) >= 11 is 0.557. The number of nitrogens with one attached hydrogen (secondary N) is 2. The molecule has 0 aromatic heterocycles. The molecule has 0 radical (unpaired) electrons. The van der Waals surface area contributed by atoms with E-state index in [1.165, 1.54) is 0 Å². The predicted octanol–water partition coefficient (Wildman–Crippen LogP) is 2.09. The van der Waals surface area contributed by atoms with E-state index in [1.54, 1.807) is 12.1 Å². The Morgan fingerprint density at radius 1 is 1.30 bits per heavy atom. The standard InChI is InChI=1S/C13H18F2N2OS.ClH/c14-13(15)19-11-3-1-9(2-4-11)5-16-6-10-7-17-8-12(10)18;/h1-4,10,12-13,16-18H,5-8H2;1H. The first-order chi connectivity index (χ1) is 9.15. The van der Waals surface area contributed by atoms with Crippen molar-refractivity contribution in [2.75, 3.05) is 19.6 Å². The third-order valence-corrected chi connectivity index (χ3v) is 3.91. The van der Waals surface area contributed by atoms with Gasteiger partial charge in [0.2, 0.25) is 0 Å². The molecule has 3 N–H and O–H groups in total. The van der Waals surface area contributed by atoms with Gasteiger partial charge in [0.05, 0.1) is 6.10 Å². The molecule has 2 unspecified atom stereocenters. The third-order valence-electron chi connectivity index (χ3n) is 3.19. The topological polar surface area (TPSA) is 44.3 Å². The normalized spacial score (nSPS) is 22.0. The fraction of sp³-hybridized carbons (Fsp3) is 0.538. The molecule has 1 aliphatic heterocycles. The van der Waals surface area contributed by atoms with Gasteiger partial charge in [-0.1, -0.05) is 23.9 Å². The van der Waals surface area contributed by atoms with Crippen LogP contribution >= 0.6 is 24.2 Å². The average Bonchev–Trinajstić information content (AvgIpc) is 2.77. The molecule has 1 heterocycles. The van der Waals surface area contributed by atoms with E-state index in [-0.39, 0.29) is 24.4 Å². The summed E-state index contributed by atoms with van der Waals surface area (Å²) < 4.78 is 24.3. The maximum Gasteiger partial charge on any atom is 0.288 e. The summed E-state index contributed by atoms with van der Waals surface area (Å²) in [7, 11) is 0. The van der Waals surface area contributed by atoms with Crippen LogP contribution in [0.25, 0.3) is 0 Å². The summed E-state index contributed by atoms with van der Waals surface area (Å²) in [5.41, 5.74) is 1.05. The van der Waals surface area contributed by atoms with Crippen molar-refractivity contribution in [1.82, 2.24) is 10.6 Å². The number of aliphatic hydroxyl groups excluding tert-OH is 1. The molecule has 7 heteroatoms. The highest BCUT2D eigenvalue weighted by Crippen LogP contribution is 2.25. The van der Waals surface area contributed by atoms with Crippen LogP contribution in [-0.2, 0) is 6.54 Å². The number of rotatable bonds is 6. The van der Waals surface area contributed by atoms with Crippen molar-refractivity contribution >= 4 is 24.2 Å². The molecule has 2 atom stereocenters. The minimum absolute atomic E-state index is 0. The first-order valence-electron chi connectivity index (χ1n) is 6.28. The van der Waals surface area contributed by atoms with Crippen LogP contribution in [0.5, 0.6) is 0 Å². The van der Waals surface area contributed by atoms with E-state index in [1.807, 2.05) is 12.1 Å². The van der Waals surface area contributed by atoms with Crippen LogP contribution in [0.1, 0.15) is 5.56 Å². The fourth-order valence-corrected chi connectivity index (χ4v) is 2.62. The number of halogens is 3. The first kappa shape index (κ1) is 17.7. The fourth-order valence-electron chi connectivity index (χ4n) is 2.12. The monoisotopic (exact) mass is 324 g/mol. The van der Waals surface area contributed by atoms with Gasteiger partial charge in [0, 0.05) is 37.0 Å². The maximum absolute atomic E-state index is 12.2. The summed E-state index contributed by atoms with van der Waals surface area (Å²) in [6.07, 6.45) is -0.280. The second-order valence-corrected chi connectivity index (χ2v) is 5.70. The Morgan fingerprint density at radius 3 is 2.55 bits per heavy atom. The Balaban J connectivity index is 0.00000200. The maximum atomic E-state index is 12.2. The van der Waals surface area contributed by atoms with E-state index in [4.69, 9.17) is 0 Å². The molecule has 1 saturated heterocycles. The van der Waals surface area contributed by atoms with Crippen molar-refractivity contribution < 1.29 is 13.9 Å². The number of β-amino-alcohol motifs (C(OH)–C–C–N with tert-alkyl or cyclic N) is 1. The lowest BCUT2D eigenvalue weighted by molar-refractivity contribution is 0.146. The van der Waals surface area contributed by atoms with Gasteiger partial charge < -0.3 is 15.7 Å².